The Morgan fingerprint density at radius 2 is 1.87 bits per heavy atom. The average Bonchev–Trinajstić information content (AvgIpc) is 3.02. The van der Waals surface area contributed by atoms with Gasteiger partial charge in [0.05, 0.1) is 30.3 Å². The molecule has 0 unspecified atom stereocenters. The second kappa shape index (κ2) is 13.3. The molecule has 1 aromatic heterocycles. The second-order valence-electron chi connectivity index (χ2n) is 12.6. The standard InChI is InChI=1S/C33H42FN5O7S/c1-19(2)37(6)47(43,44)35-31(40)25-9-8-22(15-27(25)34)32(41)39-11-10-24-26(17-39)33(42)46-30-21(4)28(14-20(3)29(24)30)38-13-12-36(5)23(16-38)18-45-7/h8-9,14-15,19,23H,10-13,16-18H2,1-7H3,(H,35,40)/t23-/m1/s1. The highest BCUT2D eigenvalue weighted by molar-refractivity contribution is 7.87. The fourth-order valence-corrected chi connectivity index (χ4v) is 7.37. The Kier molecular flexibility index (Phi) is 9.79. The molecule has 0 spiro atoms. The van der Waals surface area contributed by atoms with E-state index >= 15 is 4.39 Å². The molecule has 5 rings (SSSR count). The first kappa shape index (κ1) is 34.5. The Morgan fingerprint density at radius 1 is 1.15 bits per heavy atom. The van der Waals surface area contributed by atoms with Gasteiger partial charge in [-0.15, -0.1) is 0 Å². The Morgan fingerprint density at radius 3 is 2.53 bits per heavy atom. The highest BCUT2D eigenvalue weighted by Crippen LogP contribution is 2.36. The van der Waals surface area contributed by atoms with Crippen molar-refractivity contribution in [3.05, 3.63) is 73.9 Å². The van der Waals surface area contributed by atoms with E-state index in [0.717, 1.165) is 63.8 Å². The number of methoxy groups -OCH3 is 1. The molecule has 2 amide bonds. The lowest BCUT2D eigenvalue weighted by molar-refractivity contribution is 0.0731. The summed E-state index contributed by atoms with van der Waals surface area (Å²) < 4.78 is 54.0. The monoisotopic (exact) mass is 671 g/mol. The zero-order chi connectivity index (χ0) is 34.4. The van der Waals surface area contributed by atoms with Crippen LogP contribution in [0.3, 0.4) is 0 Å². The molecule has 254 valence electrons. The molecule has 47 heavy (non-hydrogen) atoms. The van der Waals surface area contributed by atoms with E-state index in [-0.39, 0.29) is 24.7 Å². The van der Waals surface area contributed by atoms with Crippen molar-refractivity contribution in [3.63, 3.8) is 0 Å². The largest absolute Gasteiger partial charge is 0.422 e. The van der Waals surface area contributed by atoms with Crippen LogP contribution < -0.4 is 15.2 Å². The first-order valence-electron chi connectivity index (χ1n) is 15.6. The van der Waals surface area contributed by atoms with Crippen molar-refractivity contribution in [2.75, 3.05) is 58.9 Å². The molecule has 2 aliphatic rings. The van der Waals surface area contributed by atoms with Crippen molar-refractivity contribution >= 4 is 38.7 Å². The minimum atomic E-state index is -4.19. The van der Waals surface area contributed by atoms with Gasteiger partial charge in [-0.25, -0.2) is 13.9 Å². The predicted molar refractivity (Wildman–Crippen MR) is 177 cm³/mol. The number of piperazine rings is 1. The van der Waals surface area contributed by atoms with Crippen molar-refractivity contribution < 1.29 is 31.6 Å². The number of fused-ring (bicyclic) bond motifs is 3. The number of hydrogen-bond acceptors (Lipinski definition) is 9. The molecule has 0 aliphatic carbocycles. The van der Waals surface area contributed by atoms with Crippen LogP contribution >= 0.6 is 0 Å². The molecule has 1 atom stereocenters. The Labute approximate surface area is 274 Å². The van der Waals surface area contributed by atoms with E-state index < -0.39 is 45.1 Å². The zero-order valence-electron chi connectivity index (χ0n) is 27.8. The minimum Gasteiger partial charge on any atom is -0.422 e. The normalized spacial score (nSPS) is 17.4. The number of halogens is 1. The maximum absolute atomic E-state index is 15.1. The number of nitrogens with one attached hydrogen (secondary N) is 1. The molecule has 0 bridgehead atoms. The molecule has 3 aromatic rings. The van der Waals surface area contributed by atoms with Gasteiger partial charge in [-0.2, -0.15) is 12.7 Å². The number of nitrogens with zero attached hydrogens (tertiary/aromatic N) is 4. The third-order valence-electron chi connectivity index (χ3n) is 9.34. The number of aryl methyl sites for hydroxylation is 2. The first-order chi connectivity index (χ1) is 22.1. The van der Waals surface area contributed by atoms with Crippen molar-refractivity contribution in [3.8, 4) is 0 Å². The molecule has 1 N–H and O–H groups in total. The minimum absolute atomic E-state index is 0.0204. The zero-order valence-corrected chi connectivity index (χ0v) is 28.7. The fraction of sp³-hybridized carbons (Fsp3) is 0.485. The van der Waals surface area contributed by atoms with E-state index in [2.05, 4.69) is 22.9 Å². The summed E-state index contributed by atoms with van der Waals surface area (Å²) in [7, 11) is 0.894. The average molecular weight is 672 g/mol. The maximum Gasteiger partial charge on any atom is 0.341 e. The topological polar surface area (TPSA) is 133 Å². The molecule has 12 nitrogen and oxygen atoms in total. The third kappa shape index (κ3) is 6.64. The van der Waals surface area contributed by atoms with Gasteiger partial charge in [0.25, 0.3) is 11.8 Å². The Hall–Kier alpha value is -3.85. The van der Waals surface area contributed by atoms with Gasteiger partial charge in [-0.3, -0.25) is 14.5 Å². The lowest BCUT2D eigenvalue weighted by Gasteiger charge is -2.41. The molecule has 0 saturated carbocycles. The number of anilines is 1. The summed E-state index contributed by atoms with van der Waals surface area (Å²) in [6.45, 7) is 10.6. The predicted octanol–water partition coefficient (Wildman–Crippen LogP) is 2.83. The van der Waals surface area contributed by atoms with Crippen LogP contribution in [0, 0.1) is 19.7 Å². The van der Waals surface area contributed by atoms with E-state index in [9.17, 15) is 22.8 Å². The molecular formula is C33H42FN5O7S. The fourth-order valence-electron chi connectivity index (χ4n) is 6.33. The van der Waals surface area contributed by atoms with Gasteiger partial charge in [0, 0.05) is 68.6 Å². The van der Waals surface area contributed by atoms with Crippen LogP contribution in [0.5, 0.6) is 0 Å². The first-order valence-corrected chi connectivity index (χ1v) is 17.0. The van der Waals surface area contributed by atoms with E-state index in [1.54, 1.807) is 21.0 Å². The van der Waals surface area contributed by atoms with Gasteiger partial charge < -0.3 is 19.0 Å². The Bertz CT molecular complexity index is 1890. The highest BCUT2D eigenvalue weighted by atomic mass is 32.2. The summed E-state index contributed by atoms with van der Waals surface area (Å²) in [5.74, 6) is -2.73. The molecule has 14 heteroatoms. The van der Waals surface area contributed by atoms with E-state index in [0.29, 0.717) is 24.2 Å². The molecular weight excluding hydrogens is 629 g/mol. The van der Waals surface area contributed by atoms with Crippen LogP contribution in [0.15, 0.2) is 33.5 Å². The molecule has 3 heterocycles. The quantitative estimate of drug-likeness (QED) is 0.359. The van der Waals surface area contributed by atoms with Crippen LogP contribution in [0.4, 0.5) is 10.1 Å². The van der Waals surface area contributed by atoms with Crippen LogP contribution in [-0.4, -0.2) is 100 Å². The maximum atomic E-state index is 15.1. The Balaban J connectivity index is 1.38. The molecule has 1 saturated heterocycles. The molecule has 0 radical (unpaired) electrons. The van der Waals surface area contributed by atoms with Crippen molar-refractivity contribution in [1.82, 2.24) is 18.8 Å². The molecule has 2 aliphatic heterocycles. The summed E-state index contributed by atoms with van der Waals surface area (Å²) in [6, 6.07) is 5.18. The highest BCUT2D eigenvalue weighted by Gasteiger charge is 2.31. The second-order valence-corrected chi connectivity index (χ2v) is 14.4. The van der Waals surface area contributed by atoms with Gasteiger partial charge in [0.2, 0.25) is 0 Å². The van der Waals surface area contributed by atoms with Gasteiger partial charge in [0.15, 0.2) is 0 Å². The summed E-state index contributed by atoms with van der Waals surface area (Å²) in [5, 5.41) is 0.870. The van der Waals surface area contributed by atoms with Crippen LogP contribution in [0.2, 0.25) is 0 Å². The molecule has 2 aromatic carbocycles. The number of benzene rings is 2. The number of hydrogen-bond donors (Lipinski definition) is 1. The summed E-state index contributed by atoms with van der Waals surface area (Å²) in [5.41, 5.74) is 3.56. The summed E-state index contributed by atoms with van der Waals surface area (Å²) in [4.78, 5) is 45.5. The lowest BCUT2D eigenvalue weighted by atomic mass is 9.92. The summed E-state index contributed by atoms with van der Waals surface area (Å²) >= 11 is 0. The smallest absolute Gasteiger partial charge is 0.341 e. The third-order valence-corrected chi connectivity index (χ3v) is 11.0. The van der Waals surface area contributed by atoms with Gasteiger partial charge in [-0.05, 0) is 76.6 Å². The van der Waals surface area contributed by atoms with Crippen LogP contribution in [-0.2, 0) is 27.9 Å². The van der Waals surface area contributed by atoms with Crippen LogP contribution in [0.1, 0.15) is 56.8 Å². The number of likely N-dealkylation sites (N-methyl/N-ethyl adjacent to an activating group) is 1. The van der Waals surface area contributed by atoms with Gasteiger partial charge in [-0.1, -0.05) is 0 Å². The SMILES string of the molecule is COC[C@H]1CN(c2cc(C)c3c4c(c(=O)oc3c2C)CN(C(=O)c2ccc(C(=O)NS(=O)(=O)N(C)C(C)C)c(F)c2)CC4)CCN1C. The van der Waals surface area contributed by atoms with E-state index in [1.807, 2.05) is 18.6 Å². The molecule has 1 fully saturated rings. The number of carbonyl (C=O) groups excluding carboxylic acids is 2. The number of amides is 2. The number of ether oxygens (including phenoxy) is 1. The lowest BCUT2D eigenvalue weighted by Crippen LogP contribution is -2.53. The van der Waals surface area contributed by atoms with Gasteiger partial charge in [0.1, 0.15) is 11.4 Å². The summed E-state index contributed by atoms with van der Waals surface area (Å²) in [6.07, 6.45) is 0.400. The van der Waals surface area contributed by atoms with E-state index in [4.69, 9.17) is 9.15 Å². The number of rotatable bonds is 8. The van der Waals surface area contributed by atoms with Crippen LogP contribution in [0.25, 0.3) is 11.0 Å². The number of carbonyl (C=O) groups is 2. The van der Waals surface area contributed by atoms with Gasteiger partial charge >= 0.3 is 15.8 Å². The van der Waals surface area contributed by atoms with E-state index in [1.165, 1.54) is 18.0 Å². The van der Waals surface area contributed by atoms with Crippen molar-refractivity contribution in [1.29, 1.82) is 0 Å². The van der Waals surface area contributed by atoms with Crippen molar-refractivity contribution in [2.45, 2.75) is 52.7 Å². The van der Waals surface area contributed by atoms with Crippen molar-refractivity contribution in [2.24, 2.45) is 0 Å².